The van der Waals surface area contributed by atoms with Gasteiger partial charge in [0.1, 0.15) is 5.82 Å². The van der Waals surface area contributed by atoms with Crippen LogP contribution in [-0.4, -0.2) is 43.4 Å². The number of nitrogens with zero attached hydrogens (tertiary/aromatic N) is 1. The zero-order valence-corrected chi connectivity index (χ0v) is 18.2. The van der Waals surface area contributed by atoms with E-state index in [-0.39, 0.29) is 41.4 Å². The molecule has 2 N–H and O–H groups in total. The standard InChI is InChI=1S/C20H21Cl2FN2O4S/c21-15-3-1-13(2-4-15)19(26)12-24-20(27)14-7-9-25(10-8-14)30(28,29)16-5-6-18(23)17(22)11-16/h1-6,11,14,19,26H,7-10,12H2,(H,24,27). The molecule has 0 aliphatic carbocycles. The molecule has 2 aromatic carbocycles. The summed E-state index contributed by atoms with van der Waals surface area (Å²) in [6.07, 6.45) is -0.177. The van der Waals surface area contributed by atoms with Gasteiger partial charge in [-0.3, -0.25) is 4.79 Å². The molecule has 1 amide bonds. The molecule has 30 heavy (non-hydrogen) atoms. The fraction of sp³-hybridized carbons (Fsp3) is 0.350. The summed E-state index contributed by atoms with van der Waals surface area (Å²) in [5.41, 5.74) is 0.638. The van der Waals surface area contributed by atoms with Crippen LogP contribution in [0.2, 0.25) is 10.0 Å². The largest absolute Gasteiger partial charge is 0.387 e. The first-order valence-electron chi connectivity index (χ1n) is 9.35. The second-order valence-corrected chi connectivity index (χ2v) is 9.85. The summed E-state index contributed by atoms with van der Waals surface area (Å²) in [7, 11) is -3.82. The number of amides is 1. The minimum Gasteiger partial charge on any atom is -0.387 e. The number of benzene rings is 2. The maximum atomic E-state index is 13.3. The molecule has 1 atom stereocenters. The van der Waals surface area contributed by atoms with Crippen molar-refractivity contribution >= 4 is 39.1 Å². The Morgan fingerprint density at radius 3 is 2.40 bits per heavy atom. The number of piperidine rings is 1. The second kappa shape index (κ2) is 9.62. The summed E-state index contributed by atoms with van der Waals surface area (Å²) in [6, 6.07) is 9.96. The Morgan fingerprint density at radius 1 is 1.17 bits per heavy atom. The fourth-order valence-electron chi connectivity index (χ4n) is 3.29. The Kier molecular flexibility index (Phi) is 7.36. The molecule has 1 unspecified atom stereocenters. The van der Waals surface area contributed by atoms with Crippen molar-refractivity contribution in [2.75, 3.05) is 19.6 Å². The average Bonchev–Trinajstić information content (AvgIpc) is 2.74. The molecule has 6 nitrogen and oxygen atoms in total. The lowest BCUT2D eigenvalue weighted by Crippen LogP contribution is -2.43. The van der Waals surface area contributed by atoms with Crippen LogP contribution in [0.3, 0.4) is 0 Å². The van der Waals surface area contributed by atoms with Crippen LogP contribution in [0.1, 0.15) is 24.5 Å². The van der Waals surface area contributed by atoms with E-state index >= 15 is 0 Å². The number of nitrogens with one attached hydrogen (secondary N) is 1. The first-order chi connectivity index (χ1) is 14.2. The summed E-state index contributed by atoms with van der Waals surface area (Å²) in [5.74, 6) is -1.28. The van der Waals surface area contributed by atoms with Crippen LogP contribution in [-0.2, 0) is 14.8 Å². The van der Waals surface area contributed by atoms with Crippen LogP contribution in [0.15, 0.2) is 47.4 Å². The number of carbonyl (C=O) groups excluding carboxylic acids is 1. The third kappa shape index (κ3) is 5.31. The topological polar surface area (TPSA) is 86.7 Å². The highest BCUT2D eigenvalue weighted by Crippen LogP contribution is 2.26. The predicted molar refractivity (Wildman–Crippen MR) is 112 cm³/mol. The number of carbonyl (C=O) groups is 1. The van der Waals surface area contributed by atoms with E-state index in [9.17, 15) is 22.7 Å². The summed E-state index contributed by atoms with van der Waals surface area (Å²) < 4.78 is 40.0. The Balaban J connectivity index is 1.53. The highest BCUT2D eigenvalue weighted by atomic mass is 35.5. The molecule has 1 fully saturated rings. The van der Waals surface area contributed by atoms with Gasteiger partial charge in [0, 0.05) is 30.6 Å². The van der Waals surface area contributed by atoms with E-state index in [1.54, 1.807) is 24.3 Å². The molecular weight excluding hydrogens is 454 g/mol. The van der Waals surface area contributed by atoms with Gasteiger partial charge in [-0.05, 0) is 48.7 Å². The van der Waals surface area contributed by atoms with E-state index in [1.807, 2.05) is 0 Å². The summed E-state index contributed by atoms with van der Waals surface area (Å²) in [6.45, 7) is 0.372. The average molecular weight is 475 g/mol. The second-order valence-electron chi connectivity index (χ2n) is 7.07. The van der Waals surface area contributed by atoms with Crippen LogP contribution in [0.5, 0.6) is 0 Å². The molecule has 1 aliphatic heterocycles. The summed E-state index contributed by atoms with van der Waals surface area (Å²) in [4.78, 5) is 12.3. The van der Waals surface area contributed by atoms with Crippen LogP contribution in [0.25, 0.3) is 0 Å². The van der Waals surface area contributed by atoms with Crippen LogP contribution < -0.4 is 5.32 Å². The lowest BCUT2D eigenvalue weighted by Gasteiger charge is -2.30. The highest BCUT2D eigenvalue weighted by Gasteiger charge is 2.32. The Labute approximate surface area is 184 Å². The molecule has 0 saturated carbocycles. The van der Waals surface area contributed by atoms with E-state index in [0.29, 0.717) is 23.4 Å². The van der Waals surface area contributed by atoms with Gasteiger partial charge in [-0.2, -0.15) is 4.31 Å². The van der Waals surface area contributed by atoms with Gasteiger partial charge in [-0.1, -0.05) is 35.3 Å². The van der Waals surface area contributed by atoms with Crippen molar-refractivity contribution in [2.24, 2.45) is 5.92 Å². The van der Waals surface area contributed by atoms with Gasteiger partial charge in [0.15, 0.2) is 0 Å². The minimum atomic E-state index is -3.82. The summed E-state index contributed by atoms with van der Waals surface area (Å²) >= 11 is 11.5. The number of hydrogen-bond donors (Lipinski definition) is 2. The van der Waals surface area contributed by atoms with Gasteiger partial charge in [0.05, 0.1) is 16.0 Å². The SMILES string of the molecule is O=C(NCC(O)c1ccc(Cl)cc1)C1CCN(S(=O)(=O)c2ccc(F)c(Cl)c2)CC1. The van der Waals surface area contributed by atoms with Gasteiger partial charge in [0.2, 0.25) is 15.9 Å². The monoisotopic (exact) mass is 474 g/mol. The smallest absolute Gasteiger partial charge is 0.243 e. The van der Waals surface area contributed by atoms with Gasteiger partial charge in [0.25, 0.3) is 0 Å². The maximum Gasteiger partial charge on any atom is 0.243 e. The summed E-state index contributed by atoms with van der Waals surface area (Å²) in [5, 5.41) is 13.2. The number of rotatable bonds is 6. The van der Waals surface area contributed by atoms with Crippen molar-refractivity contribution in [1.29, 1.82) is 0 Å². The van der Waals surface area contributed by atoms with E-state index < -0.39 is 21.9 Å². The van der Waals surface area contributed by atoms with Crippen LogP contribution >= 0.6 is 23.2 Å². The first-order valence-corrected chi connectivity index (χ1v) is 11.5. The number of aliphatic hydroxyl groups excluding tert-OH is 1. The molecule has 162 valence electrons. The number of hydrogen-bond acceptors (Lipinski definition) is 4. The zero-order valence-electron chi connectivity index (χ0n) is 15.9. The molecule has 1 saturated heterocycles. The third-order valence-corrected chi connectivity index (χ3v) is 7.51. The predicted octanol–water partition coefficient (Wildman–Crippen LogP) is 3.38. The van der Waals surface area contributed by atoms with Crippen molar-refractivity contribution < 1.29 is 22.7 Å². The molecule has 0 spiro atoms. The third-order valence-electron chi connectivity index (χ3n) is 5.08. The van der Waals surface area contributed by atoms with Gasteiger partial charge in [-0.15, -0.1) is 0 Å². The lowest BCUT2D eigenvalue weighted by molar-refractivity contribution is -0.126. The molecule has 0 bridgehead atoms. The minimum absolute atomic E-state index is 0.0487. The van der Waals surface area contributed by atoms with Gasteiger partial charge < -0.3 is 10.4 Å². The normalized spacial score (nSPS) is 16.9. The van der Waals surface area contributed by atoms with Crippen LogP contribution in [0.4, 0.5) is 4.39 Å². The van der Waals surface area contributed by atoms with E-state index in [0.717, 1.165) is 12.1 Å². The number of aliphatic hydroxyl groups is 1. The molecule has 0 aromatic heterocycles. The first kappa shape index (κ1) is 23.0. The van der Waals surface area contributed by atoms with Crippen molar-refractivity contribution in [3.63, 3.8) is 0 Å². The number of halogens is 3. The molecular formula is C20H21Cl2FN2O4S. The molecule has 0 radical (unpaired) electrons. The van der Waals surface area contributed by atoms with Gasteiger partial charge in [-0.25, -0.2) is 12.8 Å². The molecule has 10 heteroatoms. The number of sulfonamides is 1. The Morgan fingerprint density at radius 2 is 1.80 bits per heavy atom. The van der Waals surface area contributed by atoms with Crippen molar-refractivity contribution in [3.05, 3.63) is 63.9 Å². The van der Waals surface area contributed by atoms with Crippen molar-refractivity contribution in [3.8, 4) is 0 Å². The highest BCUT2D eigenvalue weighted by molar-refractivity contribution is 7.89. The van der Waals surface area contributed by atoms with Crippen molar-refractivity contribution in [2.45, 2.75) is 23.8 Å². The van der Waals surface area contributed by atoms with E-state index in [4.69, 9.17) is 23.2 Å². The quantitative estimate of drug-likeness (QED) is 0.671. The van der Waals surface area contributed by atoms with E-state index in [1.165, 1.54) is 10.4 Å². The fourth-order valence-corrected chi connectivity index (χ4v) is 5.16. The van der Waals surface area contributed by atoms with Crippen molar-refractivity contribution in [1.82, 2.24) is 9.62 Å². The molecule has 1 aliphatic rings. The molecule has 3 rings (SSSR count). The van der Waals surface area contributed by atoms with Crippen LogP contribution in [0, 0.1) is 11.7 Å². The Bertz CT molecular complexity index is 1010. The Hall–Kier alpha value is -1.71. The van der Waals surface area contributed by atoms with E-state index in [2.05, 4.69) is 5.32 Å². The van der Waals surface area contributed by atoms with Gasteiger partial charge >= 0.3 is 0 Å². The molecule has 2 aromatic rings. The maximum absolute atomic E-state index is 13.3. The molecule has 1 heterocycles. The zero-order chi connectivity index (χ0) is 21.9. The lowest BCUT2D eigenvalue weighted by atomic mass is 9.97.